The second-order valence-electron chi connectivity index (χ2n) is 3.88. The van der Waals surface area contributed by atoms with Gasteiger partial charge in [0.2, 0.25) is 0 Å². The van der Waals surface area contributed by atoms with E-state index in [-0.39, 0.29) is 29.0 Å². The van der Waals surface area contributed by atoms with Gasteiger partial charge in [-0.25, -0.2) is 8.78 Å². The molecule has 16 heavy (non-hydrogen) atoms. The van der Waals surface area contributed by atoms with Crippen LogP contribution in [0, 0.1) is 5.92 Å². The number of hydrogen-bond acceptors (Lipinski definition) is 2. The van der Waals surface area contributed by atoms with Crippen molar-refractivity contribution in [2.45, 2.75) is 32.6 Å². The van der Waals surface area contributed by atoms with E-state index in [1.54, 1.807) is 0 Å². The molecular weight excluding hydrogens is 214 g/mol. The maximum atomic E-state index is 12.7. The topological polar surface area (TPSA) is 34.9 Å². The second-order valence-corrected chi connectivity index (χ2v) is 3.88. The minimum atomic E-state index is -2.54. The van der Waals surface area contributed by atoms with E-state index < -0.39 is 6.43 Å². The van der Waals surface area contributed by atoms with Crippen LogP contribution >= 0.6 is 0 Å². The molecule has 0 amide bonds. The number of aromatic nitrogens is 2. The molecule has 0 radical (unpaired) electrons. The van der Waals surface area contributed by atoms with Gasteiger partial charge in [-0.1, -0.05) is 13.8 Å². The highest BCUT2D eigenvalue weighted by Gasteiger charge is 2.55. The Labute approximate surface area is 92.4 Å². The van der Waals surface area contributed by atoms with E-state index in [4.69, 9.17) is 0 Å². The average Bonchev–Trinajstić information content (AvgIpc) is 2.90. The molecule has 1 heterocycles. The maximum Gasteiger partial charge on any atom is 0.280 e. The number of carbonyl (C=O) groups is 1. The lowest BCUT2D eigenvalue weighted by molar-refractivity contribution is 0.0968. The summed E-state index contributed by atoms with van der Waals surface area (Å²) in [6.07, 6.45) is -1.81. The molecule has 0 aliphatic heterocycles. The zero-order valence-corrected chi connectivity index (χ0v) is 9.50. The SMILES string of the molecule is CC.Cn1nc2c(c1C(F)F)C1CC1C2=O. The number of Topliss-reactive ketones (excluding diaryl/α,β-unsaturated/α-hetero) is 1. The zero-order chi connectivity index (χ0) is 12.0. The number of ketones is 1. The van der Waals surface area contributed by atoms with E-state index in [0.717, 1.165) is 11.1 Å². The van der Waals surface area contributed by atoms with Crippen LogP contribution in [0.25, 0.3) is 0 Å². The predicted molar refractivity (Wildman–Crippen MR) is 54.7 cm³/mol. The van der Waals surface area contributed by atoms with Gasteiger partial charge in [0.1, 0.15) is 11.4 Å². The monoisotopic (exact) mass is 228 g/mol. The molecule has 1 fully saturated rings. The Morgan fingerprint density at radius 2 is 2.00 bits per heavy atom. The van der Waals surface area contributed by atoms with Gasteiger partial charge < -0.3 is 0 Å². The fraction of sp³-hybridized carbons (Fsp3) is 0.636. The molecule has 2 aliphatic carbocycles. The molecule has 0 N–H and O–H groups in total. The van der Waals surface area contributed by atoms with Crippen LogP contribution in [-0.2, 0) is 7.05 Å². The number of carbonyl (C=O) groups excluding carboxylic acids is 1. The summed E-state index contributed by atoms with van der Waals surface area (Å²) in [5.74, 6) is -0.0473. The fourth-order valence-corrected chi connectivity index (χ4v) is 2.34. The van der Waals surface area contributed by atoms with Gasteiger partial charge in [0.25, 0.3) is 6.43 Å². The number of halogens is 2. The van der Waals surface area contributed by atoms with Crippen molar-refractivity contribution < 1.29 is 13.6 Å². The van der Waals surface area contributed by atoms with Crippen LogP contribution in [0.4, 0.5) is 8.78 Å². The number of alkyl halides is 2. The largest absolute Gasteiger partial charge is 0.292 e. The Morgan fingerprint density at radius 3 is 2.56 bits per heavy atom. The number of nitrogens with zero attached hydrogens (tertiary/aromatic N) is 2. The van der Waals surface area contributed by atoms with Crippen molar-refractivity contribution in [2.75, 3.05) is 0 Å². The summed E-state index contributed by atoms with van der Waals surface area (Å²) in [5.41, 5.74) is 0.722. The molecule has 2 unspecified atom stereocenters. The van der Waals surface area contributed by atoms with Gasteiger partial charge >= 0.3 is 0 Å². The van der Waals surface area contributed by atoms with E-state index in [0.29, 0.717) is 5.56 Å². The molecular formula is C11H14F2N2O. The summed E-state index contributed by atoms with van der Waals surface area (Å²) in [6, 6.07) is 0. The Bertz CT molecular complexity index is 439. The fourth-order valence-electron chi connectivity index (χ4n) is 2.34. The third-order valence-electron chi connectivity index (χ3n) is 3.07. The summed E-state index contributed by atoms with van der Waals surface area (Å²) in [6.45, 7) is 4.00. The first kappa shape index (κ1) is 11.2. The summed E-state index contributed by atoms with van der Waals surface area (Å²) >= 11 is 0. The highest BCUT2D eigenvalue weighted by molar-refractivity contribution is 6.04. The van der Waals surface area contributed by atoms with Crippen molar-refractivity contribution in [1.82, 2.24) is 9.78 Å². The van der Waals surface area contributed by atoms with Crippen LogP contribution in [0.1, 0.15) is 54.4 Å². The lowest BCUT2D eigenvalue weighted by Gasteiger charge is -2.02. The van der Waals surface area contributed by atoms with E-state index >= 15 is 0 Å². The van der Waals surface area contributed by atoms with E-state index in [2.05, 4.69) is 5.10 Å². The lowest BCUT2D eigenvalue weighted by Crippen LogP contribution is -2.03. The van der Waals surface area contributed by atoms with Crippen LogP contribution in [-0.4, -0.2) is 15.6 Å². The maximum absolute atomic E-state index is 12.7. The molecule has 1 aromatic heterocycles. The Hall–Kier alpha value is -1.26. The molecule has 0 bridgehead atoms. The van der Waals surface area contributed by atoms with Crippen LogP contribution in [0.3, 0.4) is 0 Å². The van der Waals surface area contributed by atoms with Crippen molar-refractivity contribution in [3.8, 4) is 0 Å². The third kappa shape index (κ3) is 1.30. The van der Waals surface area contributed by atoms with Crippen LogP contribution in [0.2, 0.25) is 0 Å². The molecule has 3 rings (SSSR count). The third-order valence-corrected chi connectivity index (χ3v) is 3.07. The summed E-state index contributed by atoms with van der Waals surface area (Å²) in [4.78, 5) is 11.5. The van der Waals surface area contributed by atoms with E-state index in [1.807, 2.05) is 13.8 Å². The minimum Gasteiger partial charge on any atom is -0.292 e. The number of hydrogen-bond donors (Lipinski definition) is 0. The average molecular weight is 228 g/mol. The molecule has 1 saturated carbocycles. The molecule has 1 aromatic rings. The van der Waals surface area contributed by atoms with Crippen molar-refractivity contribution >= 4 is 5.78 Å². The summed E-state index contributed by atoms with van der Waals surface area (Å²) in [7, 11) is 1.46. The minimum absolute atomic E-state index is 0.0359. The second kappa shape index (κ2) is 3.64. The van der Waals surface area contributed by atoms with E-state index in [1.165, 1.54) is 7.05 Å². The zero-order valence-electron chi connectivity index (χ0n) is 9.50. The van der Waals surface area contributed by atoms with Crippen molar-refractivity contribution in [1.29, 1.82) is 0 Å². The molecule has 0 aromatic carbocycles. The van der Waals surface area contributed by atoms with Crippen molar-refractivity contribution in [3.05, 3.63) is 17.0 Å². The molecule has 88 valence electrons. The van der Waals surface area contributed by atoms with Gasteiger partial charge in [0.05, 0.1) is 0 Å². The summed E-state index contributed by atoms with van der Waals surface area (Å²) < 4.78 is 26.5. The first-order valence-corrected chi connectivity index (χ1v) is 5.50. The number of rotatable bonds is 1. The molecule has 0 saturated heterocycles. The highest BCUT2D eigenvalue weighted by Crippen LogP contribution is 2.57. The number of aryl methyl sites for hydroxylation is 1. The van der Waals surface area contributed by atoms with Gasteiger partial charge in [-0.05, 0) is 12.3 Å². The molecule has 2 aliphatic rings. The first-order valence-electron chi connectivity index (χ1n) is 5.50. The van der Waals surface area contributed by atoms with Gasteiger partial charge in [-0.2, -0.15) is 5.10 Å². The number of fused-ring (bicyclic) bond motifs is 3. The van der Waals surface area contributed by atoms with Crippen molar-refractivity contribution in [3.63, 3.8) is 0 Å². The Balaban J connectivity index is 0.000000457. The molecule has 2 atom stereocenters. The summed E-state index contributed by atoms with van der Waals surface area (Å²) in [5, 5.41) is 3.86. The molecule has 0 spiro atoms. The normalized spacial score (nSPS) is 25.0. The van der Waals surface area contributed by atoms with Gasteiger partial charge in [0.15, 0.2) is 5.78 Å². The Kier molecular flexibility index (Phi) is 2.56. The smallest absolute Gasteiger partial charge is 0.280 e. The van der Waals surface area contributed by atoms with Gasteiger partial charge in [-0.3, -0.25) is 9.48 Å². The van der Waals surface area contributed by atoms with Gasteiger partial charge in [-0.15, -0.1) is 0 Å². The molecule has 5 heteroatoms. The highest BCUT2D eigenvalue weighted by atomic mass is 19.3. The first-order chi connectivity index (χ1) is 7.61. The van der Waals surface area contributed by atoms with Crippen LogP contribution in [0.15, 0.2) is 0 Å². The predicted octanol–water partition coefficient (Wildman–Crippen LogP) is 2.68. The van der Waals surface area contributed by atoms with Crippen LogP contribution in [0.5, 0.6) is 0 Å². The van der Waals surface area contributed by atoms with E-state index in [9.17, 15) is 13.6 Å². The van der Waals surface area contributed by atoms with Crippen molar-refractivity contribution in [2.24, 2.45) is 13.0 Å². The Morgan fingerprint density at radius 1 is 1.38 bits per heavy atom. The standard InChI is InChI=1S/C9H8F2N2O.C2H6/c1-13-7(9(10)11)5-3-2-4(3)8(14)6(5)12-13;1-2/h3-4,9H,2H2,1H3;1-2H3. The van der Waals surface area contributed by atoms with Gasteiger partial charge in [0, 0.05) is 18.5 Å². The quantitative estimate of drug-likeness (QED) is 0.740. The lowest BCUT2D eigenvalue weighted by atomic mass is 10.1. The molecule has 3 nitrogen and oxygen atoms in total. The van der Waals surface area contributed by atoms with Crippen LogP contribution < -0.4 is 0 Å².